The topological polar surface area (TPSA) is 26.0 Å². The molecule has 0 aliphatic heterocycles. The van der Waals surface area contributed by atoms with E-state index in [0.29, 0.717) is 0 Å². The maximum absolute atomic E-state index is 6.02. The van der Waals surface area contributed by atoms with E-state index in [1.54, 1.807) is 0 Å². The number of aryl methyl sites for hydroxylation is 1. The molecule has 0 amide bonds. The second kappa shape index (κ2) is 6.16. The predicted molar refractivity (Wildman–Crippen MR) is 69.8 cm³/mol. The summed E-state index contributed by atoms with van der Waals surface area (Å²) in [5.41, 5.74) is 9.24. The molecule has 1 aromatic carbocycles. The summed E-state index contributed by atoms with van der Waals surface area (Å²) in [5.74, 6) is 0. The van der Waals surface area contributed by atoms with Crippen LogP contribution < -0.4 is 5.73 Å². The van der Waals surface area contributed by atoms with Crippen LogP contribution in [0, 0.1) is 6.92 Å². The summed E-state index contributed by atoms with van der Waals surface area (Å²) in [7, 11) is 0. The van der Waals surface area contributed by atoms with Crippen LogP contribution in [-0.4, -0.2) is 0 Å². The minimum absolute atomic E-state index is 0. The van der Waals surface area contributed by atoms with Crippen LogP contribution >= 0.6 is 24.0 Å². The molecular weight excluding hydrogens is 229 g/mol. The monoisotopic (exact) mass is 245 g/mol. The van der Waals surface area contributed by atoms with Crippen LogP contribution in [-0.2, 0) is 0 Å². The maximum Gasteiger partial charge on any atom is 0.0438 e. The van der Waals surface area contributed by atoms with Gasteiger partial charge in [0.25, 0.3) is 0 Å². The second-order valence-electron chi connectivity index (χ2n) is 3.78. The van der Waals surface area contributed by atoms with Gasteiger partial charge in [0.2, 0.25) is 0 Å². The molecule has 0 spiro atoms. The fourth-order valence-corrected chi connectivity index (χ4v) is 1.52. The lowest BCUT2D eigenvalue weighted by molar-refractivity contribution is 0.717. The number of hydrogen-bond acceptors (Lipinski definition) is 1. The summed E-state index contributed by atoms with van der Waals surface area (Å²) in [6.45, 7) is 7.81. The summed E-state index contributed by atoms with van der Waals surface area (Å²) >= 11 is 6.02. The molecule has 0 aliphatic carbocycles. The Bertz CT molecular complexity index is 347. The molecule has 0 bridgehead atoms. The number of nitrogens with two attached hydrogens (primary N) is 1. The van der Waals surface area contributed by atoms with Crippen LogP contribution in [0.15, 0.2) is 30.4 Å². The second-order valence-corrected chi connectivity index (χ2v) is 4.18. The van der Waals surface area contributed by atoms with E-state index in [-0.39, 0.29) is 18.4 Å². The zero-order valence-electron chi connectivity index (χ0n) is 9.09. The maximum atomic E-state index is 6.02. The van der Waals surface area contributed by atoms with Crippen molar-refractivity contribution < 1.29 is 0 Å². The Labute approximate surface area is 103 Å². The smallest absolute Gasteiger partial charge is 0.0438 e. The lowest BCUT2D eigenvalue weighted by atomic mass is 10.0. The molecule has 0 fully saturated rings. The van der Waals surface area contributed by atoms with E-state index in [1.807, 2.05) is 32.0 Å². The van der Waals surface area contributed by atoms with Gasteiger partial charge in [0, 0.05) is 11.1 Å². The van der Waals surface area contributed by atoms with Crippen LogP contribution in [0.4, 0.5) is 0 Å². The van der Waals surface area contributed by atoms with E-state index in [4.69, 9.17) is 17.3 Å². The minimum Gasteiger partial charge on any atom is -0.324 e. The molecular formula is C12H17Cl2N. The van der Waals surface area contributed by atoms with Crippen LogP contribution in [0.3, 0.4) is 0 Å². The predicted octanol–water partition coefficient (Wildman–Crippen LogP) is 4.04. The van der Waals surface area contributed by atoms with E-state index < -0.39 is 0 Å². The Kier molecular flexibility index (Phi) is 5.96. The molecule has 1 rings (SSSR count). The lowest BCUT2D eigenvalue weighted by Crippen LogP contribution is -2.10. The molecule has 15 heavy (non-hydrogen) atoms. The van der Waals surface area contributed by atoms with Gasteiger partial charge in [0.1, 0.15) is 0 Å². The van der Waals surface area contributed by atoms with Crippen molar-refractivity contribution in [1.29, 1.82) is 0 Å². The Morgan fingerprint density at radius 1 is 1.53 bits per heavy atom. The summed E-state index contributed by atoms with van der Waals surface area (Å²) in [4.78, 5) is 0. The summed E-state index contributed by atoms with van der Waals surface area (Å²) in [6, 6.07) is 5.96. The molecule has 0 saturated heterocycles. The number of benzene rings is 1. The van der Waals surface area contributed by atoms with Crippen molar-refractivity contribution in [2.75, 3.05) is 0 Å². The van der Waals surface area contributed by atoms with E-state index in [1.165, 1.54) is 0 Å². The van der Waals surface area contributed by atoms with Gasteiger partial charge in [-0.15, -0.1) is 19.0 Å². The van der Waals surface area contributed by atoms with Gasteiger partial charge in [-0.1, -0.05) is 29.3 Å². The first-order valence-electron chi connectivity index (χ1n) is 4.66. The van der Waals surface area contributed by atoms with Crippen LogP contribution in [0.25, 0.3) is 0 Å². The highest BCUT2D eigenvalue weighted by Crippen LogP contribution is 2.23. The third kappa shape index (κ3) is 4.25. The molecule has 0 heterocycles. The highest BCUT2D eigenvalue weighted by Gasteiger charge is 2.07. The average Bonchev–Trinajstić information content (AvgIpc) is 2.08. The van der Waals surface area contributed by atoms with Gasteiger partial charge in [-0.25, -0.2) is 0 Å². The van der Waals surface area contributed by atoms with Gasteiger partial charge in [-0.2, -0.15) is 0 Å². The molecule has 1 aromatic rings. The molecule has 0 aliphatic rings. The average molecular weight is 246 g/mol. The largest absolute Gasteiger partial charge is 0.324 e. The van der Waals surface area contributed by atoms with E-state index in [0.717, 1.165) is 28.1 Å². The van der Waals surface area contributed by atoms with E-state index in [2.05, 4.69) is 6.58 Å². The quantitative estimate of drug-likeness (QED) is 0.800. The molecule has 0 saturated carbocycles. The molecule has 2 N–H and O–H groups in total. The minimum atomic E-state index is 0. The first-order chi connectivity index (χ1) is 6.50. The van der Waals surface area contributed by atoms with Crippen LogP contribution in [0.1, 0.15) is 30.5 Å². The Morgan fingerprint density at radius 2 is 2.13 bits per heavy atom. The molecule has 3 heteroatoms. The molecule has 1 atom stereocenters. The zero-order chi connectivity index (χ0) is 10.7. The summed E-state index contributed by atoms with van der Waals surface area (Å²) in [5, 5.41) is 0.777. The molecule has 1 nitrogen and oxygen atoms in total. The van der Waals surface area contributed by atoms with E-state index in [9.17, 15) is 0 Å². The summed E-state index contributed by atoms with van der Waals surface area (Å²) < 4.78 is 0. The highest BCUT2D eigenvalue weighted by molar-refractivity contribution is 6.31. The fourth-order valence-electron chi connectivity index (χ4n) is 1.33. The van der Waals surface area contributed by atoms with Gasteiger partial charge < -0.3 is 5.73 Å². The Morgan fingerprint density at radius 3 is 2.60 bits per heavy atom. The standard InChI is InChI=1S/C12H16ClN.ClH/c1-8(2)6-12(14)10-5-4-9(3)11(13)7-10;/h4-5,7,12H,1,6,14H2,2-3H3;1H/t12-;/m1./s1. The van der Waals surface area contributed by atoms with Crippen molar-refractivity contribution in [2.24, 2.45) is 5.73 Å². The van der Waals surface area contributed by atoms with Gasteiger partial charge in [0.05, 0.1) is 0 Å². The van der Waals surface area contributed by atoms with Gasteiger partial charge in [-0.3, -0.25) is 0 Å². The molecule has 0 unspecified atom stereocenters. The van der Waals surface area contributed by atoms with Crippen molar-refractivity contribution in [3.63, 3.8) is 0 Å². The van der Waals surface area contributed by atoms with Crippen molar-refractivity contribution in [3.8, 4) is 0 Å². The third-order valence-corrected chi connectivity index (χ3v) is 2.60. The number of hydrogen-bond donors (Lipinski definition) is 1. The highest BCUT2D eigenvalue weighted by atomic mass is 35.5. The molecule has 0 aromatic heterocycles. The first-order valence-corrected chi connectivity index (χ1v) is 5.04. The van der Waals surface area contributed by atoms with Gasteiger partial charge >= 0.3 is 0 Å². The number of halogens is 2. The van der Waals surface area contributed by atoms with Crippen molar-refractivity contribution in [3.05, 3.63) is 46.5 Å². The Hall–Kier alpha value is -0.500. The van der Waals surface area contributed by atoms with Crippen molar-refractivity contribution in [1.82, 2.24) is 0 Å². The lowest BCUT2D eigenvalue weighted by Gasteiger charge is -2.12. The SMILES string of the molecule is C=C(C)C[C@@H](N)c1ccc(C)c(Cl)c1.Cl. The normalized spacial score (nSPS) is 11.7. The fraction of sp³-hybridized carbons (Fsp3) is 0.333. The first kappa shape index (κ1) is 14.5. The zero-order valence-corrected chi connectivity index (χ0v) is 10.7. The van der Waals surface area contributed by atoms with Gasteiger partial charge in [0.15, 0.2) is 0 Å². The molecule has 0 radical (unpaired) electrons. The van der Waals surface area contributed by atoms with Crippen LogP contribution in [0.2, 0.25) is 5.02 Å². The van der Waals surface area contributed by atoms with Crippen molar-refractivity contribution in [2.45, 2.75) is 26.3 Å². The molecule has 84 valence electrons. The van der Waals surface area contributed by atoms with Gasteiger partial charge in [-0.05, 0) is 37.5 Å². The van der Waals surface area contributed by atoms with Crippen molar-refractivity contribution >= 4 is 24.0 Å². The summed E-state index contributed by atoms with van der Waals surface area (Å²) in [6.07, 6.45) is 0.805. The Balaban J connectivity index is 0.00000196. The van der Waals surface area contributed by atoms with Crippen LogP contribution in [0.5, 0.6) is 0 Å². The van der Waals surface area contributed by atoms with E-state index >= 15 is 0 Å². The third-order valence-electron chi connectivity index (χ3n) is 2.19. The number of rotatable bonds is 3.